The minimum Gasteiger partial charge on any atom is -0.497 e. The molecule has 1 heterocycles. The van der Waals surface area contributed by atoms with E-state index in [1.807, 2.05) is 0 Å². The minimum absolute atomic E-state index is 0.0735. The first kappa shape index (κ1) is 24.3. The quantitative estimate of drug-likeness (QED) is 0.492. The van der Waals surface area contributed by atoms with E-state index in [0.717, 1.165) is 18.2 Å². The summed E-state index contributed by atoms with van der Waals surface area (Å²) in [5.41, 5.74) is 0.106. The molecular formula is C20H21F3N4O5S. The number of rotatable bonds is 8. The molecule has 9 nitrogen and oxygen atoms in total. The monoisotopic (exact) mass is 486 g/mol. The van der Waals surface area contributed by atoms with Gasteiger partial charge in [0.2, 0.25) is 10.0 Å². The number of alkyl halides is 3. The SMILES string of the molecule is CNS(=O)(=O)c1ccc(OC(F)(F)F)c(Nc2ncnc3cc(OC)cc(OC(C)C)c23)c1. The Bertz CT molecular complexity index is 1270. The van der Waals surface area contributed by atoms with Crippen molar-refractivity contribution >= 4 is 32.4 Å². The summed E-state index contributed by atoms with van der Waals surface area (Å²) >= 11 is 0. The molecule has 1 aromatic heterocycles. The Morgan fingerprint density at radius 3 is 2.39 bits per heavy atom. The Labute approximate surface area is 187 Å². The first-order chi connectivity index (χ1) is 15.4. The van der Waals surface area contributed by atoms with E-state index in [2.05, 4.69) is 24.7 Å². The summed E-state index contributed by atoms with van der Waals surface area (Å²) in [5.74, 6) is 0.194. The fraction of sp³-hybridized carbons (Fsp3) is 0.300. The maximum absolute atomic E-state index is 13.0. The van der Waals surface area contributed by atoms with Crippen LogP contribution in [-0.2, 0) is 10.0 Å². The molecule has 0 fully saturated rings. The number of nitrogens with one attached hydrogen (secondary N) is 2. The van der Waals surface area contributed by atoms with Gasteiger partial charge in [0, 0.05) is 12.1 Å². The molecule has 0 saturated heterocycles. The van der Waals surface area contributed by atoms with Gasteiger partial charge < -0.3 is 19.5 Å². The van der Waals surface area contributed by atoms with Gasteiger partial charge >= 0.3 is 6.36 Å². The molecule has 0 radical (unpaired) electrons. The second kappa shape index (κ2) is 9.27. The smallest absolute Gasteiger partial charge is 0.497 e. The number of halogens is 3. The second-order valence-electron chi connectivity index (χ2n) is 6.95. The Balaban J connectivity index is 2.20. The van der Waals surface area contributed by atoms with E-state index >= 15 is 0 Å². The zero-order chi connectivity index (χ0) is 24.4. The molecule has 0 atom stereocenters. The zero-order valence-corrected chi connectivity index (χ0v) is 18.8. The number of aromatic nitrogens is 2. The predicted octanol–water partition coefficient (Wildman–Crippen LogP) is 3.98. The topological polar surface area (TPSA) is 112 Å². The van der Waals surface area contributed by atoms with Crippen LogP contribution in [0.4, 0.5) is 24.7 Å². The number of anilines is 2. The second-order valence-corrected chi connectivity index (χ2v) is 8.83. The number of methoxy groups -OCH3 is 1. The van der Waals surface area contributed by atoms with Crippen LogP contribution in [0, 0.1) is 0 Å². The van der Waals surface area contributed by atoms with Crippen LogP contribution < -0.4 is 24.2 Å². The van der Waals surface area contributed by atoms with Crippen molar-refractivity contribution in [1.82, 2.24) is 14.7 Å². The summed E-state index contributed by atoms with van der Waals surface area (Å²) in [6.07, 6.45) is -4.06. The lowest BCUT2D eigenvalue weighted by Crippen LogP contribution is -2.20. The molecule has 2 aromatic carbocycles. The summed E-state index contributed by atoms with van der Waals surface area (Å²) in [6.45, 7) is 3.59. The van der Waals surface area contributed by atoms with E-state index in [0.29, 0.717) is 22.4 Å². The molecule has 0 aliphatic carbocycles. The zero-order valence-electron chi connectivity index (χ0n) is 18.0. The highest BCUT2D eigenvalue weighted by Crippen LogP contribution is 2.39. The van der Waals surface area contributed by atoms with Gasteiger partial charge in [-0.2, -0.15) is 0 Å². The van der Waals surface area contributed by atoms with Crippen molar-refractivity contribution in [2.75, 3.05) is 19.5 Å². The molecule has 178 valence electrons. The average molecular weight is 486 g/mol. The van der Waals surface area contributed by atoms with Crippen molar-refractivity contribution in [3.8, 4) is 17.2 Å². The summed E-state index contributed by atoms with van der Waals surface area (Å²) in [4.78, 5) is 8.04. The largest absolute Gasteiger partial charge is 0.573 e. The van der Waals surface area contributed by atoms with E-state index in [9.17, 15) is 21.6 Å². The first-order valence-corrected chi connectivity index (χ1v) is 11.0. The lowest BCUT2D eigenvalue weighted by molar-refractivity contribution is -0.274. The standard InChI is InChI=1S/C20H21F3N4O5S/c1-11(2)31-17-8-12(30-4)7-15-18(17)19(26-10-25-15)27-14-9-13(33(28,29)24-3)5-6-16(14)32-20(21,22)23/h5-11,24H,1-4H3,(H,25,26,27). The molecule has 3 rings (SSSR count). The fourth-order valence-electron chi connectivity index (χ4n) is 2.92. The van der Waals surface area contributed by atoms with Gasteiger partial charge in [-0.3, -0.25) is 0 Å². The minimum atomic E-state index is -5.01. The summed E-state index contributed by atoms with van der Waals surface area (Å²) in [6, 6.07) is 6.09. The lowest BCUT2D eigenvalue weighted by Gasteiger charge is -2.18. The van der Waals surface area contributed by atoms with Gasteiger partial charge in [0.1, 0.15) is 23.6 Å². The third-order valence-corrected chi connectivity index (χ3v) is 5.69. The highest BCUT2D eigenvalue weighted by Gasteiger charge is 2.33. The molecule has 0 aliphatic rings. The predicted molar refractivity (Wildman–Crippen MR) is 115 cm³/mol. The van der Waals surface area contributed by atoms with Crippen molar-refractivity contribution in [2.24, 2.45) is 0 Å². The number of ether oxygens (including phenoxy) is 3. The summed E-state index contributed by atoms with van der Waals surface area (Å²) in [7, 11) is -1.30. The van der Waals surface area contributed by atoms with Crippen LogP contribution in [0.25, 0.3) is 10.9 Å². The van der Waals surface area contributed by atoms with Crippen LogP contribution in [-0.4, -0.2) is 45.0 Å². The molecular weight excluding hydrogens is 465 g/mol. The van der Waals surface area contributed by atoms with Gasteiger partial charge in [0.05, 0.1) is 34.7 Å². The number of sulfonamides is 1. The van der Waals surface area contributed by atoms with E-state index in [1.54, 1.807) is 26.0 Å². The lowest BCUT2D eigenvalue weighted by atomic mass is 10.2. The number of hydrogen-bond acceptors (Lipinski definition) is 8. The first-order valence-electron chi connectivity index (χ1n) is 9.53. The van der Waals surface area contributed by atoms with Crippen LogP contribution in [0.1, 0.15) is 13.8 Å². The molecule has 2 N–H and O–H groups in total. The molecule has 13 heteroatoms. The van der Waals surface area contributed by atoms with E-state index in [4.69, 9.17) is 9.47 Å². The van der Waals surface area contributed by atoms with Crippen LogP contribution in [0.15, 0.2) is 41.6 Å². The third kappa shape index (κ3) is 5.73. The summed E-state index contributed by atoms with van der Waals surface area (Å²) < 4.78 is 80.6. The maximum Gasteiger partial charge on any atom is 0.573 e. The average Bonchev–Trinajstić information content (AvgIpc) is 2.73. The van der Waals surface area contributed by atoms with Gasteiger partial charge in [0.25, 0.3) is 0 Å². The number of nitrogens with zero attached hydrogens (tertiary/aromatic N) is 2. The van der Waals surface area contributed by atoms with Crippen molar-refractivity contribution in [3.63, 3.8) is 0 Å². The van der Waals surface area contributed by atoms with Crippen molar-refractivity contribution < 1.29 is 35.8 Å². The van der Waals surface area contributed by atoms with Crippen molar-refractivity contribution in [2.45, 2.75) is 31.2 Å². The Morgan fingerprint density at radius 1 is 1.06 bits per heavy atom. The van der Waals surface area contributed by atoms with Gasteiger partial charge in [0.15, 0.2) is 5.75 Å². The number of fused-ring (bicyclic) bond motifs is 1. The molecule has 0 bridgehead atoms. The maximum atomic E-state index is 13.0. The Kier molecular flexibility index (Phi) is 6.84. The van der Waals surface area contributed by atoms with Gasteiger partial charge in [-0.1, -0.05) is 0 Å². The molecule has 33 heavy (non-hydrogen) atoms. The van der Waals surface area contributed by atoms with Gasteiger partial charge in [-0.05, 0) is 39.1 Å². The molecule has 0 unspecified atom stereocenters. The van der Waals surface area contributed by atoms with E-state index in [1.165, 1.54) is 20.5 Å². The Morgan fingerprint density at radius 2 is 1.79 bits per heavy atom. The van der Waals surface area contributed by atoms with Crippen LogP contribution in [0.5, 0.6) is 17.2 Å². The van der Waals surface area contributed by atoms with Crippen LogP contribution >= 0.6 is 0 Å². The van der Waals surface area contributed by atoms with Crippen LogP contribution in [0.3, 0.4) is 0 Å². The van der Waals surface area contributed by atoms with Gasteiger partial charge in [-0.15, -0.1) is 13.2 Å². The highest BCUT2D eigenvalue weighted by molar-refractivity contribution is 7.89. The number of hydrogen-bond donors (Lipinski definition) is 2. The number of benzene rings is 2. The van der Waals surface area contributed by atoms with Gasteiger partial charge in [-0.25, -0.2) is 23.1 Å². The molecule has 0 aliphatic heterocycles. The molecule has 0 saturated carbocycles. The van der Waals surface area contributed by atoms with E-state index in [-0.39, 0.29) is 22.5 Å². The van der Waals surface area contributed by atoms with Crippen molar-refractivity contribution in [3.05, 3.63) is 36.7 Å². The van der Waals surface area contributed by atoms with E-state index < -0.39 is 22.1 Å². The van der Waals surface area contributed by atoms with Crippen molar-refractivity contribution in [1.29, 1.82) is 0 Å². The third-order valence-electron chi connectivity index (χ3n) is 4.28. The van der Waals surface area contributed by atoms with Crippen LogP contribution in [0.2, 0.25) is 0 Å². The summed E-state index contributed by atoms with van der Waals surface area (Å²) in [5, 5.41) is 3.09. The highest BCUT2D eigenvalue weighted by atomic mass is 32.2. The molecule has 0 spiro atoms. The Hall–Kier alpha value is -3.32. The fourth-order valence-corrected chi connectivity index (χ4v) is 3.68. The molecule has 0 amide bonds. The molecule has 3 aromatic rings. The normalized spacial score (nSPS) is 12.1.